The molecule has 1 aromatic rings. The smallest absolute Gasteiger partial charge is 0.387 e. The summed E-state index contributed by atoms with van der Waals surface area (Å²) < 4.78 is 36.4. The predicted molar refractivity (Wildman–Crippen MR) is 52.4 cm³/mol. The van der Waals surface area contributed by atoms with Gasteiger partial charge in [0.2, 0.25) is 0 Å². The molecule has 1 atom stereocenters. The van der Waals surface area contributed by atoms with Crippen LogP contribution in [-0.2, 0) is 0 Å². The second-order valence-electron chi connectivity index (χ2n) is 2.90. The van der Waals surface area contributed by atoms with Crippen molar-refractivity contribution in [2.45, 2.75) is 25.6 Å². The van der Waals surface area contributed by atoms with Crippen LogP contribution in [0.4, 0.5) is 13.2 Å². The highest BCUT2D eigenvalue weighted by Gasteiger charge is 2.33. The van der Waals surface area contributed by atoms with Crippen LogP contribution in [0.2, 0.25) is 0 Å². The van der Waals surface area contributed by atoms with Gasteiger partial charge >= 0.3 is 6.18 Å². The maximum atomic E-state index is 12.0. The number of thiophene rings is 1. The van der Waals surface area contributed by atoms with Crippen molar-refractivity contribution in [3.63, 3.8) is 0 Å². The number of halogens is 4. The zero-order valence-corrected chi connectivity index (χ0v) is 9.63. The third-order valence-electron chi connectivity index (χ3n) is 1.56. The third kappa shape index (κ3) is 3.25. The van der Waals surface area contributed by atoms with E-state index in [4.69, 9.17) is 0 Å². The van der Waals surface area contributed by atoms with Crippen molar-refractivity contribution in [1.29, 1.82) is 0 Å². The van der Waals surface area contributed by atoms with Crippen LogP contribution in [0.3, 0.4) is 0 Å². The minimum atomic E-state index is -4.34. The van der Waals surface area contributed by atoms with Gasteiger partial charge in [0.1, 0.15) is 0 Å². The summed E-state index contributed by atoms with van der Waals surface area (Å²) in [5, 5.41) is 9.31. The number of alkyl halides is 3. The summed E-state index contributed by atoms with van der Waals surface area (Å²) in [4.78, 5) is 1.20. The van der Waals surface area contributed by atoms with E-state index < -0.39 is 18.7 Å². The molecule has 1 aromatic heterocycles. The van der Waals surface area contributed by atoms with Gasteiger partial charge in [0.05, 0.1) is 12.5 Å². The molecule has 0 saturated heterocycles. The Morgan fingerprint density at radius 3 is 2.50 bits per heavy atom. The monoisotopic (exact) mass is 288 g/mol. The number of aliphatic hydroxyl groups is 1. The molecule has 1 heterocycles. The van der Waals surface area contributed by atoms with Gasteiger partial charge in [-0.1, -0.05) is 0 Å². The van der Waals surface area contributed by atoms with E-state index in [0.717, 1.165) is 4.88 Å². The van der Waals surface area contributed by atoms with E-state index in [-0.39, 0.29) is 0 Å². The second-order valence-corrected chi connectivity index (χ2v) is 5.05. The summed E-state index contributed by atoms with van der Waals surface area (Å²) in [7, 11) is 0. The van der Waals surface area contributed by atoms with Gasteiger partial charge in [0, 0.05) is 14.2 Å². The number of aliphatic hydroxyl groups excluding tert-OH is 1. The molecule has 80 valence electrons. The topological polar surface area (TPSA) is 20.2 Å². The van der Waals surface area contributed by atoms with Crippen LogP contribution in [0, 0.1) is 6.92 Å². The fraction of sp³-hybridized carbons (Fsp3) is 0.500. The molecule has 0 aliphatic rings. The number of aryl methyl sites for hydroxylation is 1. The molecule has 6 heteroatoms. The van der Waals surface area contributed by atoms with E-state index in [1.807, 2.05) is 0 Å². The SMILES string of the molecule is Cc1cc(Br)c(C(O)CC(F)(F)F)s1. The van der Waals surface area contributed by atoms with Crippen molar-refractivity contribution < 1.29 is 18.3 Å². The van der Waals surface area contributed by atoms with E-state index in [2.05, 4.69) is 15.9 Å². The summed E-state index contributed by atoms with van der Waals surface area (Å²) >= 11 is 4.27. The van der Waals surface area contributed by atoms with Crippen molar-refractivity contribution >= 4 is 27.3 Å². The van der Waals surface area contributed by atoms with E-state index in [1.54, 1.807) is 13.0 Å². The van der Waals surface area contributed by atoms with E-state index >= 15 is 0 Å². The van der Waals surface area contributed by atoms with Crippen LogP contribution in [0.5, 0.6) is 0 Å². The summed E-state index contributed by atoms with van der Waals surface area (Å²) in [5.74, 6) is 0. The Balaban J connectivity index is 2.79. The van der Waals surface area contributed by atoms with Gasteiger partial charge in [-0.2, -0.15) is 13.2 Å². The molecule has 14 heavy (non-hydrogen) atoms. The summed E-state index contributed by atoms with van der Waals surface area (Å²) in [6.45, 7) is 1.78. The largest absolute Gasteiger partial charge is 0.391 e. The summed E-state index contributed by atoms with van der Waals surface area (Å²) in [6.07, 6.45) is -7.01. The minimum absolute atomic E-state index is 0.333. The maximum absolute atomic E-state index is 12.0. The minimum Gasteiger partial charge on any atom is -0.387 e. The summed E-state index contributed by atoms with van der Waals surface area (Å²) in [5.41, 5.74) is 0. The van der Waals surface area contributed by atoms with Gasteiger partial charge in [-0.15, -0.1) is 11.3 Å². The molecule has 0 aliphatic heterocycles. The van der Waals surface area contributed by atoms with Gasteiger partial charge in [-0.25, -0.2) is 0 Å². The highest BCUT2D eigenvalue weighted by molar-refractivity contribution is 9.10. The van der Waals surface area contributed by atoms with Crippen LogP contribution in [-0.4, -0.2) is 11.3 Å². The van der Waals surface area contributed by atoms with Gasteiger partial charge in [0.25, 0.3) is 0 Å². The van der Waals surface area contributed by atoms with E-state index in [0.29, 0.717) is 9.35 Å². The Labute approximate surface area is 91.7 Å². The molecule has 0 aliphatic carbocycles. The van der Waals surface area contributed by atoms with Crippen LogP contribution < -0.4 is 0 Å². The normalized spacial score (nSPS) is 14.4. The Morgan fingerprint density at radius 1 is 1.57 bits per heavy atom. The van der Waals surface area contributed by atoms with Crippen LogP contribution in [0.15, 0.2) is 10.5 Å². The van der Waals surface area contributed by atoms with Crippen LogP contribution >= 0.6 is 27.3 Å². The Kier molecular flexibility index (Phi) is 3.60. The lowest BCUT2D eigenvalue weighted by atomic mass is 10.2. The highest BCUT2D eigenvalue weighted by Crippen LogP contribution is 2.37. The second kappa shape index (κ2) is 4.20. The first-order chi connectivity index (χ1) is 6.29. The van der Waals surface area contributed by atoms with Crippen molar-refractivity contribution in [2.75, 3.05) is 0 Å². The number of hydrogen-bond donors (Lipinski definition) is 1. The molecule has 0 radical (unpaired) electrons. The molecule has 0 amide bonds. The Bertz CT molecular complexity index is 321. The average Bonchev–Trinajstić information content (AvgIpc) is 2.26. The van der Waals surface area contributed by atoms with Gasteiger partial charge in [-0.05, 0) is 28.9 Å². The van der Waals surface area contributed by atoms with E-state index in [1.165, 1.54) is 11.3 Å². The quantitative estimate of drug-likeness (QED) is 0.878. The summed E-state index contributed by atoms with van der Waals surface area (Å²) in [6, 6.07) is 1.69. The molecule has 0 saturated carbocycles. The zero-order chi connectivity index (χ0) is 10.9. The molecule has 0 spiro atoms. The average molecular weight is 289 g/mol. The predicted octanol–water partition coefficient (Wildman–Crippen LogP) is 3.80. The first kappa shape index (κ1) is 12.0. The fourth-order valence-corrected chi connectivity index (χ4v) is 2.94. The van der Waals surface area contributed by atoms with Crippen molar-refractivity contribution in [3.8, 4) is 0 Å². The first-order valence-electron chi connectivity index (χ1n) is 3.80. The van der Waals surface area contributed by atoms with Crippen LogP contribution in [0.1, 0.15) is 22.3 Å². The van der Waals surface area contributed by atoms with E-state index in [9.17, 15) is 18.3 Å². The van der Waals surface area contributed by atoms with Gasteiger partial charge in [-0.3, -0.25) is 0 Å². The van der Waals surface area contributed by atoms with Crippen molar-refractivity contribution in [3.05, 3.63) is 20.3 Å². The fourth-order valence-electron chi connectivity index (χ4n) is 1.04. The van der Waals surface area contributed by atoms with Gasteiger partial charge < -0.3 is 5.11 Å². The molecular formula is C8H8BrF3OS. The number of hydrogen-bond acceptors (Lipinski definition) is 2. The maximum Gasteiger partial charge on any atom is 0.391 e. The van der Waals surface area contributed by atoms with Crippen molar-refractivity contribution in [2.24, 2.45) is 0 Å². The highest BCUT2D eigenvalue weighted by atomic mass is 79.9. The number of rotatable bonds is 2. The Hall–Kier alpha value is -0.0700. The zero-order valence-electron chi connectivity index (χ0n) is 7.23. The van der Waals surface area contributed by atoms with Crippen molar-refractivity contribution in [1.82, 2.24) is 0 Å². The lowest BCUT2D eigenvalue weighted by Crippen LogP contribution is -2.12. The van der Waals surface area contributed by atoms with Crippen LogP contribution in [0.25, 0.3) is 0 Å². The Morgan fingerprint density at radius 2 is 2.14 bits per heavy atom. The molecule has 0 fully saturated rings. The molecule has 0 bridgehead atoms. The molecule has 1 unspecified atom stereocenters. The third-order valence-corrected chi connectivity index (χ3v) is 3.63. The lowest BCUT2D eigenvalue weighted by Gasteiger charge is -2.11. The first-order valence-corrected chi connectivity index (χ1v) is 5.41. The molecule has 1 rings (SSSR count). The molecule has 0 aromatic carbocycles. The molecule has 1 N–H and O–H groups in total. The van der Waals surface area contributed by atoms with Gasteiger partial charge in [0.15, 0.2) is 0 Å². The molecular weight excluding hydrogens is 281 g/mol. The lowest BCUT2D eigenvalue weighted by molar-refractivity contribution is -0.153. The standard InChI is InChI=1S/C8H8BrF3OS/c1-4-2-5(9)7(14-4)6(13)3-8(10,11)12/h2,6,13H,3H2,1H3. The molecule has 1 nitrogen and oxygen atoms in total.